The van der Waals surface area contributed by atoms with Gasteiger partial charge in [-0.05, 0) is 6.92 Å². The Labute approximate surface area is 75.4 Å². The molecule has 0 aliphatic rings. The van der Waals surface area contributed by atoms with Gasteiger partial charge in [0.25, 0.3) is 0 Å². The summed E-state index contributed by atoms with van der Waals surface area (Å²) in [6, 6.07) is 0. The molecule has 0 saturated heterocycles. The maximum Gasteiger partial charge on any atom is 0.472 e. The number of Topliss-reactive ketones (excluding diaryl/α,β-unsaturated/α-hetero) is 1. The van der Waals surface area contributed by atoms with Gasteiger partial charge in [-0.15, -0.1) is 6.58 Å². The van der Waals surface area contributed by atoms with Crippen molar-refractivity contribution in [3.63, 3.8) is 0 Å². The average Bonchev–Trinajstić information content (AvgIpc) is 1.95. The molecule has 6 nitrogen and oxygen atoms in total. The van der Waals surface area contributed by atoms with Gasteiger partial charge in [0.05, 0.1) is 6.61 Å². The molecule has 7 heteroatoms. The molecule has 0 aliphatic carbocycles. The lowest BCUT2D eigenvalue weighted by molar-refractivity contribution is -0.148. The zero-order chi connectivity index (χ0) is 10.5. The zero-order valence-corrected chi connectivity index (χ0v) is 7.94. The first-order valence-corrected chi connectivity index (χ1v) is 4.86. The molecule has 0 spiro atoms. The van der Waals surface area contributed by atoms with Crippen molar-refractivity contribution in [3.8, 4) is 0 Å². The van der Waals surface area contributed by atoms with Gasteiger partial charge in [0.1, 0.15) is 0 Å². The molecule has 0 aromatic carbocycles. The largest absolute Gasteiger partial charge is 0.472 e. The summed E-state index contributed by atoms with van der Waals surface area (Å²) < 4.78 is 19.0. The summed E-state index contributed by atoms with van der Waals surface area (Å²) in [6.45, 7) is 4.38. The number of rotatable bonds is 6. The van der Waals surface area contributed by atoms with Crippen LogP contribution in [0.25, 0.3) is 0 Å². The summed E-state index contributed by atoms with van der Waals surface area (Å²) in [5, 5.41) is 0. The van der Waals surface area contributed by atoms with E-state index in [1.54, 1.807) is 0 Å². The normalized spacial score (nSPS) is 13.8. The highest BCUT2D eigenvalue weighted by atomic mass is 31.2. The van der Waals surface area contributed by atoms with Crippen molar-refractivity contribution in [3.05, 3.63) is 12.7 Å². The van der Waals surface area contributed by atoms with Crippen molar-refractivity contribution in [1.82, 2.24) is 0 Å². The molecule has 13 heavy (non-hydrogen) atoms. The second-order valence-corrected chi connectivity index (χ2v) is 3.35. The Morgan fingerprint density at radius 2 is 2.23 bits per heavy atom. The molecule has 0 aromatic rings. The lowest BCUT2D eigenvalue weighted by Gasteiger charge is -2.14. The van der Waals surface area contributed by atoms with E-state index in [0.29, 0.717) is 0 Å². The molecule has 0 rings (SSSR count). The first kappa shape index (κ1) is 12.5. The topological polar surface area (TPSA) is 93.1 Å². The van der Waals surface area contributed by atoms with E-state index in [1.807, 2.05) is 0 Å². The summed E-state index contributed by atoms with van der Waals surface area (Å²) in [7, 11) is -4.70. The second kappa shape index (κ2) is 5.26. The summed E-state index contributed by atoms with van der Waals surface area (Å²) >= 11 is 0. The molecule has 0 aromatic heterocycles. The molecule has 1 unspecified atom stereocenters. The third-order valence-electron chi connectivity index (χ3n) is 0.930. The van der Waals surface area contributed by atoms with Crippen LogP contribution < -0.4 is 0 Å². The van der Waals surface area contributed by atoms with Gasteiger partial charge in [0.15, 0.2) is 5.78 Å². The minimum atomic E-state index is -4.70. The summed E-state index contributed by atoms with van der Waals surface area (Å²) in [6.07, 6.45) is -0.210. The van der Waals surface area contributed by atoms with E-state index in [4.69, 9.17) is 9.79 Å². The van der Waals surface area contributed by atoms with E-state index in [1.165, 1.54) is 6.08 Å². The van der Waals surface area contributed by atoms with Crippen LogP contribution in [0.4, 0.5) is 0 Å². The van der Waals surface area contributed by atoms with Gasteiger partial charge in [-0.3, -0.25) is 4.79 Å². The van der Waals surface area contributed by atoms with Gasteiger partial charge >= 0.3 is 7.82 Å². The van der Waals surface area contributed by atoms with Crippen molar-refractivity contribution >= 4 is 13.6 Å². The van der Waals surface area contributed by atoms with Gasteiger partial charge in [-0.25, -0.2) is 9.09 Å². The quantitative estimate of drug-likeness (QED) is 0.370. The van der Waals surface area contributed by atoms with E-state index >= 15 is 0 Å². The van der Waals surface area contributed by atoms with E-state index in [0.717, 1.165) is 6.92 Å². The van der Waals surface area contributed by atoms with Crippen LogP contribution in [-0.4, -0.2) is 28.5 Å². The van der Waals surface area contributed by atoms with Crippen molar-refractivity contribution in [1.29, 1.82) is 0 Å². The van der Waals surface area contributed by atoms with Gasteiger partial charge in [0, 0.05) is 0 Å². The van der Waals surface area contributed by atoms with E-state index in [-0.39, 0.29) is 6.61 Å². The highest BCUT2D eigenvalue weighted by molar-refractivity contribution is 7.46. The van der Waals surface area contributed by atoms with Crippen molar-refractivity contribution in [2.75, 3.05) is 6.61 Å². The fourth-order valence-electron chi connectivity index (χ4n) is 0.502. The van der Waals surface area contributed by atoms with Crippen LogP contribution in [0.1, 0.15) is 6.92 Å². The molecule has 0 saturated carbocycles. The van der Waals surface area contributed by atoms with E-state index in [2.05, 4.69) is 15.8 Å². The molecule has 0 fully saturated rings. The van der Waals surface area contributed by atoms with Crippen LogP contribution in [0.3, 0.4) is 0 Å². The minimum Gasteiger partial charge on any atom is -0.341 e. The predicted octanol–water partition coefficient (Wildman–Crippen LogP) is 0.213. The first-order valence-electron chi connectivity index (χ1n) is 3.33. The molecule has 0 heterocycles. The van der Waals surface area contributed by atoms with E-state index < -0.39 is 19.9 Å². The molecule has 76 valence electrons. The molecule has 0 amide bonds. The lowest BCUT2D eigenvalue weighted by Crippen LogP contribution is -2.24. The third kappa shape index (κ3) is 6.62. The molecule has 2 N–H and O–H groups in total. The van der Waals surface area contributed by atoms with Gasteiger partial charge in [0.2, 0.25) is 6.29 Å². The molecule has 0 aliphatic heterocycles. The fourth-order valence-corrected chi connectivity index (χ4v) is 0.961. The second-order valence-electron chi connectivity index (χ2n) is 2.16. The summed E-state index contributed by atoms with van der Waals surface area (Å²) in [5.41, 5.74) is 0. The van der Waals surface area contributed by atoms with Crippen LogP contribution in [0.5, 0.6) is 0 Å². The summed E-state index contributed by atoms with van der Waals surface area (Å²) in [4.78, 5) is 27.4. The molecular formula is C6H11O6P. The Morgan fingerprint density at radius 3 is 2.54 bits per heavy atom. The van der Waals surface area contributed by atoms with Gasteiger partial charge < -0.3 is 14.5 Å². The Bertz CT molecular complexity index is 231. The maximum absolute atomic E-state index is 10.7. The minimum absolute atomic E-state index is 0.0236. The summed E-state index contributed by atoms with van der Waals surface area (Å²) in [5.74, 6) is -0.620. The van der Waals surface area contributed by atoms with Crippen LogP contribution in [-0.2, 0) is 18.6 Å². The van der Waals surface area contributed by atoms with Crippen LogP contribution in [0.15, 0.2) is 12.7 Å². The monoisotopic (exact) mass is 210 g/mol. The van der Waals surface area contributed by atoms with Crippen molar-refractivity contribution in [2.24, 2.45) is 0 Å². The zero-order valence-electron chi connectivity index (χ0n) is 7.04. The van der Waals surface area contributed by atoms with Crippen LogP contribution in [0, 0.1) is 0 Å². The standard InChI is InChI=1S/C6H11O6P/c1-3-4-11-6(5(2)7)12-13(8,9)10/h3,6H,1,4H2,2H3,(H2,8,9,10). The number of hydrogen-bond acceptors (Lipinski definition) is 4. The highest BCUT2D eigenvalue weighted by Crippen LogP contribution is 2.37. The fraction of sp³-hybridized carbons (Fsp3) is 0.500. The molecular weight excluding hydrogens is 199 g/mol. The van der Waals surface area contributed by atoms with Gasteiger partial charge in [-0.2, -0.15) is 0 Å². The highest BCUT2D eigenvalue weighted by Gasteiger charge is 2.25. The Hall–Kier alpha value is -0.520. The molecule has 1 atom stereocenters. The Morgan fingerprint density at radius 1 is 1.69 bits per heavy atom. The van der Waals surface area contributed by atoms with Crippen LogP contribution in [0.2, 0.25) is 0 Å². The number of carbonyl (C=O) groups is 1. The number of carbonyl (C=O) groups excluding carboxylic acids is 1. The van der Waals surface area contributed by atoms with E-state index in [9.17, 15) is 9.36 Å². The average molecular weight is 210 g/mol. The van der Waals surface area contributed by atoms with Crippen molar-refractivity contribution < 1.29 is 28.4 Å². The lowest BCUT2D eigenvalue weighted by atomic mass is 10.4. The Kier molecular flexibility index (Phi) is 5.05. The number of phosphoric ester groups is 1. The van der Waals surface area contributed by atoms with Gasteiger partial charge in [-0.1, -0.05) is 6.08 Å². The first-order chi connectivity index (χ1) is 5.87. The number of ether oxygens (including phenoxy) is 1. The Balaban J connectivity index is 4.18. The predicted molar refractivity (Wildman–Crippen MR) is 43.7 cm³/mol. The number of ketones is 1. The maximum atomic E-state index is 10.7. The smallest absolute Gasteiger partial charge is 0.341 e. The molecule has 0 bridgehead atoms. The number of hydrogen-bond donors (Lipinski definition) is 2. The number of phosphoric acid groups is 1. The third-order valence-corrected chi connectivity index (χ3v) is 1.40. The van der Waals surface area contributed by atoms with Crippen LogP contribution >= 0.6 is 7.82 Å². The molecule has 0 radical (unpaired) electrons. The SMILES string of the molecule is C=CCOC(OP(=O)(O)O)C(C)=O. The van der Waals surface area contributed by atoms with Crippen molar-refractivity contribution in [2.45, 2.75) is 13.2 Å².